The number of fused-ring (bicyclic) bond motifs is 1. The molecule has 1 aromatic heterocycles. The second kappa shape index (κ2) is 7.83. The molecule has 2 amide bonds. The minimum absolute atomic E-state index is 0.0913. The third-order valence-electron chi connectivity index (χ3n) is 5.28. The van der Waals surface area contributed by atoms with Gasteiger partial charge >= 0.3 is 0 Å². The van der Waals surface area contributed by atoms with Gasteiger partial charge in [0.2, 0.25) is 5.91 Å². The second-order valence-corrected chi connectivity index (χ2v) is 8.26. The average Bonchev–Trinajstić information content (AvgIpc) is 3.36. The lowest BCUT2D eigenvalue weighted by atomic mass is 10.1. The fourth-order valence-electron chi connectivity index (χ4n) is 3.47. The van der Waals surface area contributed by atoms with Gasteiger partial charge in [-0.25, -0.2) is 0 Å². The zero-order valence-electron chi connectivity index (χ0n) is 16.5. The zero-order valence-corrected chi connectivity index (χ0v) is 17.3. The highest BCUT2D eigenvalue weighted by atomic mass is 32.2. The zero-order chi connectivity index (χ0) is 21.4. The minimum atomic E-state index is -0.620. The Morgan fingerprint density at radius 1 is 1.20 bits per heavy atom. The van der Waals surface area contributed by atoms with Crippen molar-refractivity contribution in [2.24, 2.45) is 0 Å². The Bertz CT molecular complexity index is 1170. The molecule has 154 valence electrons. The Morgan fingerprint density at radius 3 is 2.73 bits per heavy atom. The van der Waals surface area contributed by atoms with E-state index in [4.69, 9.17) is 0 Å². The molecule has 0 bridgehead atoms. The summed E-state index contributed by atoms with van der Waals surface area (Å²) in [5, 5.41) is 14.7. The van der Waals surface area contributed by atoms with Gasteiger partial charge in [-0.3, -0.25) is 19.7 Å². The van der Waals surface area contributed by atoms with Crippen LogP contribution < -0.4 is 5.32 Å². The minimum Gasteiger partial charge on any atom is -0.345 e. The van der Waals surface area contributed by atoms with Crippen LogP contribution in [0.15, 0.2) is 42.5 Å². The first kappa shape index (κ1) is 20.0. The number of H-pyrrole nitrogens is 1. The van der Waals surface area contributed by atoms with E-state index in [1.807, 2.05) is 32.0 Å². The van der Waals surface area contributed by atoms with E-state index in [0.717, 1.165) is 11.1 Å². The van der Waals surface area contributed by atoms with Crippen LogP contribution in [-0.4, -0.2) is 44.3 Å². The Labute approximate surface area is 176 Å². The number of nitro groups is 1. The first-order chi connectivity index (χ1) is 14.3. The lowest BCUT2D eigenvalue weighted by molar-refractivity contribution is -0.383. The number of thioether (sulfide) groups is 1. The van der Waals surface area contributed by atoms with E-state index in [1.54, 1.807) is 18.2 Å². The number of amides is 2. The summed E-state index contributed by atoms with van der Waals surface area (Å²) in [7, 11) is 0. The number of aromatic amines is 1. The fourth-order valence-corrected chi connectivity index (χ4v) is 4.62. The molecule has 0 radical (unpaired) electrons. The molecule has 1 fully saturated rings. The van der Waals surface area contributed by atoms with Gasteiger partial charge < -0.3 is 15.2 Å². The molecule has 2 heterocycles. The Hall–Kier alpha value is -3.33. The van der Waals surface area contributed by atoms with Crippen molar-refractivity contribution < 1.29 is 14.5 Å². The van der Waals surface area contributed by atoms with Gasteiger partial charge in [0, 0.05) is 22.9 Å². The highest BCUT2D eigenvalue weighted by Crippen LogP contribution is 2.29. The maximum absolute atomic E-state index is 13.1. The molecule has 0 spiro atoms. The maximum Gasteiger partial charge on any atom is 0.293 e. The molecule has 1 unspecified atom stereocenters. The summed E-state index contributed by atoms with van der Waals surface area (Å²) < 4.78 is 0. The Kier molecular flexibility index (Phi) is 5.21. The normalized spacial score (nSPS) is 16.1. The summed E-state index contributed by atoms with van der Waals surface area (Å²) in [6.45, 7) is 3.97. The SMILES string of the molecule is Cc1ccc(NC(=O)C2CSCN2C(=O)c2cc3cccc([N+](=O)[O-])c3[nH]2)cc1C. The number of carbonyl (C=O) groups excluding carboxylic acids is 2. The molecule has 9 heteroatoms. The third-order valence-corrected chi connectivity index (χ3v) is 6.29. The van der Waals surface area contributed by atoms with Crippen molar-refractivity contribution in [3.8, 4) is 0 Å². The Balaban J connectivity index is 1.57. The summed E-state index contributed by atoms with van der Waals surface area (Å²) in [6.07, 6.45) is 0. The largest absolute Gasteiger partial charge is 0.345 e. The topological polar surface area (TPSA) is 108 Å². The van der Waals surface area contributed by atoms with Gasteiger partial charge in [0.25, 0.3) is 11.6 Å². The molecular weight excluding hydrogens is 404 g/mol. The van der Waals surface area contributed by atoms with E-state index >= 15 is 0 Å². The highest BCUT2D eigenvalue weighted by molar-refractivity contribution is 7.99. The number of hydrogen-bond donors (Lipinski definition) is 2. The average molecular weight is 424 g/mol. The standard InChI is InChI=1S/C21H20N4O4S/c1-12-6-7-15(8-13(12)2)22-20(26)18-10-30-11-24(18)21(27)16-9-14-4-3-5-17(25(28)29)19(14)23-16/h3-9,18,23H,10-11H2,1-2H3,(H,22,26). The van der Waals surface area contributed by atoms with Crippen LogP contribution >= 0.6 is 11.8 Å². The van der Waals surface area contributed by atoms with Crippen molar-refractivity contribution in [3.63, 3.8) is 0 Å². The monoisotopic (exact) mass is 424 g/mol. The number of nitrogens with zero attached hydrogens (tertiary/aromatic N) is 2. The van der Waals surface area contributed by atoms with E-state index in [2.05, 4.69) is 10.3 Å². The molecule has 3 aromatic rings. The number of nitro benzene ring substituents is 1. The van der Waals surface area contributed by atoms with Crippen LogP contribution in [0.1, 0.15) is 21.6 Å². The predicted octanol–water partition coefficient (Wildman–Crippen LogP) is 3.85. The van der Waals surface area contributed by atoms with Crippen molar-refractivity contribution >= 4 is 45.9 Å². The van der Waals surface area contributed by atoms with Crippen molar-refractivity contribution in [1.29, 1.82) is 0 Å². The third kappa shape index (κ3) is 3.63. The molecule has 1 aliphatic heterocycles. The number of rotatable bonds is 4. The maximum atomic E-state index is 13.1. The van der Waals surface area contributed by atoms with E-state index < -0.39 is 11.0 Å². The number of para-hydroxylation sites is 1. The molecule has 8 nitrogen and oxygen atoms in total. The summed E-state index contributed by atoms with van der Waals surface area (Å²) in [6, 6.07) is 11.3. The van der Waals surface area contributed by atoms with Crippen LogP contribution in [0.2, 0.25) is 0 Å². The van der Waals surface area contributed by atoms with Crippen LogP contribution in [0, 0.1) is 24.0 Å². The molecule has 0 aliphatic carbocycles. The number of benzene rings is 2. The van der Waals surface area contributed by atoms with Gasteiger partial charge in [-0.1, -0.05) is 18.2 Å². The molecule has 0 saturated carbocycles. The lowest BCUT2D eigenvalue weighted by Gasteiger charge is -2.22. The van der Waals surface area contributed by atoms with Gasteiger partial charge in [-0.15, -0.1) is 11.8 Å². The smallest absolute Gasteiger partial charge is 0.293 e. The molecule has 2 N–H and O–H groups in total. The van der Waals surface area contributed by atoms with Gasteiger partial charge in [0.1, 0.15) is 17.3 Å². The molecule has 2 aromatic carbocycles. The molecule has 1 atom stereocenters. The van der Waals surface area contributed by atoms with Crippen LogP contribution in [0.4, 0.5) is 11.4 Å². The molecule has 1 aliphatic rings. The molecule has 4 rings (SSSR count). The van der Waals surface area contributed by atoms with Gasteiger partial charge in [-0.05, 0) is 43.2 Å². The quantitative estimate of drug-likeness (QED) is 0.489. The van der Waals surface area contributed by atoms with E-state index in [1.165, 1.54) is 22.7 Å². The van der Waals surface area contributed by atoms with E-state index in [9.17, 15) is 19.7 Å². The van der Waals surface area contributed by atoms with Crippen LogP contribution in [0.3, 0.4) is 0 Å². The molecule has 1 saturated heterocycles. The van der Waals surface area contributed by atoms with Crippen LogP contribution in [0.5, 0.6) is 0 Å². The predicted molar refractivity (Wildman–Crippen MR) is 117 cm³/mol. The first-order valence-corrected chi connectivity index (χ1v) is 10.5. The van der Waals surface area contributed by atoms with Gasteiger partial charge in [0.15, 0.2) is 0 Å². The number of anilines is 1. The number of hydrogen-bond acceptors (Lipinski definition) is 5. The second-order valence-electron chi connectivity index (χ2n) is 7.26. The fraction of sp³-hybridized carbons (Fsp3) is 0.238. The van der Waals surface area contributed by atoms with Crippen molar-refractivity contribution in [2.75, 3.05) is 16.9 Å². The van der Waals surface area contributed by atoms with Crippen LogP contribution in [0.25, 0.3) is 10.9 Å². The van der Waals surface area contributed by atoms with Crippen molar-refractivity contribution in [1.82, 2.24) is 9.88 Å². The number of aryl methyl sites for hydroxylation is 2. The van der Waals surface area contributed by atoms with Crippen molar-refractivity contribution in [2.45, 2.75) is 19.9 Å². The van der Waals surface area contributed by atoms with Gasteiger partial charge in [-0.2, -0.15) is 0 Å². The molecule has 30 heavy (non-hydrogen) atoms. The number of aromatic nitrogens is 1. The summed E-state index contributed by atoms with van der Waals surface area (Å²) in [5.41, 5.74) is 3.33. The lowest BCUT2D eigenvalue weighted by Crippen LogP contribution is -2.44. The van der Waals surface area contributed by atoms with Gasteiger partial charge in [0.05, 0.1) is 10.8 Å². The van der Waals surface area contributed by atoms with Crippen LogP contribution in [-0.2, 0) is 4.79 Å². The van der Waals surface area contributed by atoms with E-state index in [0.29, 0.717) is 28.2 Å². The summed E-state index contributed by atoms with van der Waals surface area (Å²) in [5.74, 6) is 0.258. The highest BCUT2D eigenvalue weighted by Gasteiger charge is 2.36. The number of carbonyl (C=O) groups is 2. The van der Waals surface area contributed by atoms with Crippen molar-refractivity contribution in [3.05, 3.63) is 69.4 Å². The summed E-state index contributed by atoms with van der Waals surface area (Å²) >= 11 is 1.49. The Morgan fingerprint density at radius 2 is 2.00 bits per heavy atom. The molecular formula is C21H20N4O4S. The number of nitrogens with one attached hydrogen (secondary N) is 2. The number of non-ortho nitro benzene ring substituents is 1. The first-order valence-electron chi connectivity index (χ1n) is 9.38. The van der Waals surface area contributed by atoms with E-state index in [-0.39, 0.29) is 23.2 Å². The summed E-state index contributed by atoms with van der Waals surface area (Å²) in [4.78, 5) is 41.1.